The topological polar surface area (TPSA) is 66.5 Å². The average molecular weight is 185 g/mol. The molecule has 0 spiro atoms. The van der Waals surface area contributed by atoms with Gasteiger partial charge in [0.1, 0.15) is 17.9 Å². The number of aromatic nitrogens is 1. The highest BCUT2D eigenvalue weighted by atomic mass is 16.4. The van der Waals surface area contributed by atoms with Gasteiger partial charge in [-0.05, 0) is 13.8 Å². The Hall–Kier alpha value is -0.870. The largest absolute Gasteiger partial charge is 0.443 e. The minimum absolute atomic E-state index is 0.230. The lowest BCUT2D eigenvalue weighted by Gasteiger charge is -2.14. The van der Waals surface area contributed by atoms with Crippen LogP contribution in [0, 0.1) is 0 Å². The van der Waals surface area contributed by atoms with Gasteiger partial charge < -0.3 is 14.6 Å². The second-order valence-corrected chi connectivity index (χ2v) is 3.45. The molecule has 0 aliphatic heterocycles. The van der Waals surface area contributed by atoms with Crippen molar-refractivity contribution in [1.82, 2.24) is 4.98 Å². The molecule has 13 heavy (non-hydrogen) atoms. The number of nitrogens with zero attached hydrogens (tertiary/aromatic N) is 1. The van der Waals surface area contributed by atoms with E-state index in [4.69, 9.17) is 9.52 Å². The molecule has 0 aromatic carbocycles. The van der Waals surface area contributed by atoms with E-state index in [1.165, 1.54) is 0 Å². The molecule has 0 amide bonds. The van der Waals surface area contributed by atoms with Crippen molar-refractivity contribution < 1.29 is 14.6 Å². The molecule has 0 saturated carbocycles. The molecule has 74 valence electrons. The lowest BCUT2D eigenvalue weighted by Crippen LogP contribution is -2.18. The molecule has 0 saturated heterocycles. The zero-order valence-corrected chi connectivity index (χ0v) is 8.16. The van der Waals surface area contributed by atoms with Crippen molar-refractivity contribution >= 4 is 0 Å². The summed E-state index contributed by atoms with van der Waals surface area (Å²) in [7, 11) is 0. The van der Waals surface area contributed by atoms with Gasteiger partial charge in [0.15, 0.2) is 11.7 Å². The van der Waals surface area contributed by atoms with E-state index in [1.54, 1.807) is 13.8 Å². The normalized spacial score (nSPS) is 12.1. The number of rotatable bonds is 3. The first kappa shape index (κ1) is 10.2. The predicted molar refractivity (Wildman–Crippen MR) is 47.0 cm³/mol. The summed E-state index contributed by atoms with van der Waals surface area (Å²) < 4.78 is 5.22. The summed E-state index contributed by atoms with van der Waals surface area (Å²) in [6.07, 6.45) is 0.656. The van der Waals surface area contributed by atoms with Crippen LogP contribution in [0.15, 0.2) is 4.42 Å². The summed E-state index contributed by atoms with van der Waals surface area (Å²) in [5, 5.41) is 18.6. The molecule has 0 unspecified atom stereocenters. The molecule has 2 N–H and O–H groups in total. The molecule has 1 aromatic heterocycles. The minimum atomic E-state index is -1.06. The SMILES string of the molecule is CCc1nc(C(C)(C)O)c(CO)o1. The van der Waals surface area contributed by atoms with E-state index in [-0.39, 0.29) is 6.61 Å². The number of oxazole rings is 1. The second-order valence-electron chi connectivity index (χ2n) is 3.45. The standard InChI is InChI=1S/C9H15NO3/c1-4-7-10-8(9(2,3)12)6(5-11)13-7/h11-12H,4-5H2,1-3H3. The third kappa shape index (κ3) is 2.08. The molecule has 0 bridgehead atoms. The van der Waals surface area contributed by atoms with Crippen LogP contribution < -0.4 is 0 Å². The van der Waals surface area contributed by atoms with Crippen LogP contribution in [-0.2, 0) is 18.6 Å². The van der Waals surface area contributed by atoms with E-state index < -0.39 is 5.60 Å². The first-order chi connectivity index (χ1) is 5.99. The molecule has 4 heteroatoms. The van der Waals surface area contributed by atoms with Crippen molar-refractivity contribution in [2.45, 2.75) is 39.4 Å². The Morgan fingerprint density at radius 3 is 2.38 bits per heavy atom. The summed E-state index contributed by atoms with van der Waals surface area (Å²) in [4.78, 5) is 4.09. The second kappa shape index (κ2) is 3.47. The van der Waals surface area contributed by atoms with Crippen molar-refractivity contribution in [2.75, 3.05) is 0 Å². The van der Waals surface area contributed by atoms with Crippen LogP contribution in [0.5, 0.6) is 0 Å². The fraction of sp³-hybridized carbons (Fsp3) is 0.667. The number of aliphatic hydroxyl groups excluding tert-OH is 1. The highest BCUT2D eigenvalue weighted by Crippen LogP contribution is 2.23. The van der Waals surface area contributed by atoms with E-state index in [9.17, 15) is 5.11 Å². The maximum absolute atomic E-state index is 9.68. The maximum atomic E-state index is 9.68. The Labute approximate surface area is 77.2 Å². The molecule has 0 radical (unpaired) electrons. The predicted octanol–water partition coefficient (Wildman–Crippen LogP) is 0.957. The van der Waals surface area contributed by atoms with Gasteiger partial charge >= 0.3 is 0 Å². The molecule has 0 aliphatic carbocycles. The van der Waals surface area contributed by atoms with Gasteiger partial charge in [0.2, 0.25) is 0 Å². The highest BCUT2D eigenvalue weighted by Gasteiger charge is 2.25. The van der Waals surface area contributed by atoms with Crippen LogP contribution in [0.25, 0.3) is 0 Å². The average Bonchev–Trinajstić information content (AvgIpc) is 2.46. The van der Waals surface area contributed by atoms with Crippen molar-refractivity contribution in [3.05, 3.63) is 17.3 Å². The zero-order chi connectivity index (χ0) is 10.1. The molecule has 0 atom stereocenters. The van der Waals surface area contributed by atoms with Crippen LogP contribution in [-0.4, -0.2) is 15.2 Å². The van der Waals surface area contributed by atoms with Gasteiger partial charge in [0.25, 0.3) is 0 Å². The molecule has 1 aromatic rings. The Morgan fingerprint density at radius 2 is 2.08 bits per heavy atom. The molecule has 1 heterocycles. The Morgan fingerprint density at radius 1 is 1.46 bits per heavy atom. The summed E-state index contributed by atoms with van der Waals surface area (Å²) in [5.74, 6) is 0.894. The third-order valence-electron chi connectivity index (χ3n) is 1.77. The molecular weight excluding hydrogens is 170 g/mol. The zero-order valence-electron chi connectivity index (χ0n) is 8.16. The number of hydrogen-bond donors (Lipinski definition) is 2. The summed E-state index contributed by atoms with van der Waals surface area (Å²) in [6, 6.07) is 0. The lowest BCUT2D eigenvalue weighted by atomic mass is 10.0. The van der Waals surface area contributed by atoms with Crippen LogP contribution in [0.4, 0.5) is 0 Å². The Kier molecular flexibility index (Phi) is 2.73. The summed E-state index contributed by atoms with van der Waals surface area (Å²) in [5.41, 5.74) is -0.638. The monoisotopic (exact) mass is 185 g/mol. The molecule has 1 rings (SSSR count). The van der Waals surface area contributed by atoms with Gasteiger partial charge in [-0.25, -0.2) is 4.98 Å². The first-order valence-electron chi connectivity index (χ1n) is 4.31. The van der Waals surface area contributed by atoms with Gasteiger partial charge in [0, 0.05) is 6.42 Å². The van der Waals surface area contributed by atoms with Crippen molar-refractivity contribution in [3.63, 3.8) is 0 Å². The fourth-order valence-electron chi connectivity index (χ4n) is 1.14. The van der Waals surface area contributed by atoms with Gasteiger partial charge in [-0.3, -0.25) is 0 Å². The van der Waals surface area contributed by atoms with Crippen LogP contribution in [0.2, 0.25) is 0 Å². The van der Waals surface area contributed by atoms with Crippen LogP contribution in [0.1, 0.15) is 38.1 Å². The quantitative estimate of drug-likeness (QED) is 0.736. The van der Waals surface area contributed by atoms with Crippen molar-refractivity contribution in [1.29, 1.82) is 0 Å². The summed E-state index contributed by atoms with van der Waals surface area (Å²) in [6.45, 7) is 4.90. The Bertz CT molecular complexity index is 286. The molecular formula is C9H15NO3. The lowest BCUT2D eigenvalue weighted by molar-refractivity contribution is 0.0699. The van der Waals surface area contributed by atoms with E-state index >= 15 is 0 Å². The number of aryl methyl sites for hydroxylation is 1. The molecule has 0 aliphatic rings. The Balaban J connectivity index is 3.11. The maximum Gasteiger partial charge on any atom is 0.194 e. The van der Waals surface area contributed by atoms with E-state index in [0.717, 1.165) is 0 Å². The first-order valence-corrected chi connectivity index (χ1v) is 4.31. The minimum Gasteiger partial charge on any atom is -0.443 e. The van der Waals surface area contributed by atoms with Crippen molar-refractivity contribution in [3.8, 4) is 0 Å². The summed E-state index contributed by atoms with van der Waals surface area (Å²) >= 11 is 0. The van der Waals surface area contributed by atoms with Crippen LogP contribution in [0.3, 0.4) is 0 Å². The van der Waals surface area contributed by atoms with E-state index in [2.05, 4.69) is 4.98 Å². The molecule has 0 fully saturated rings. The van der Waals surface area contributed by atoms with E-state index in [1.807, 2.05) is 6.92 Å². The smallest absolute Gasteiger partial charge is 0.194 e. The fourth-order valence-corrected chi connectivity index (χ4v) is 1.14. The van der Waals surface area contributed by atoms with Gasteiger partial charge in [0.05, 0.1) is 0 Å². The van der Waals surface area contributed by atoms with Gasteiger partial charge in [-0.1, -0.05) is 6.92 Å². The number of hydrogen-bond acceptors (Lipinski definition) is 4. The van der Waals surface area contributed by atoms with Crippen LogP contribution >= 0.6 is 0 Å². The highest BCUT2D eigenvalue weighted by molar-refractivity contribution is 5.15. The van der Waals surface area contributed by atoms with E-state index in [0.29, 0.717) is 23.8 Å². The molecule has 4 nitrogen and oxygen atoms in total. The van der Waals surface area contributed by atoms with Gasteiger partial charge in [-0.15, -0.1) is 0 Å². The van der Waals surface area contributed by atoms with Crippen molar-refractivity contribution in [2.24, 2.45) is 0 Å². The van der Waals surface area contributed by atoms with Gasteiger partial charge in [-0.2, -0.15) is 0 Å². The third-order valence-corrected chi connectivity index (χ3v) is 1.77. The number of aliphatic hydroxyl groups is 2.